The number of nitrogens with two attached hydrogens (primary N) is 1. The number of aromatic nitrogens is 2. The number of rotatable bonds is 2. The second-order valence-electron chi connectivity index (χ2n) is 3.23. The number of aryl methyl sites for hydroxylation is 1. The maximum absolute atomic E-state index is 5.79. The molecule has 0 amide bonds. The first kappa shape index (κ1) is 9.45. The van der Waals surface area contributed by atoms with Crippen LogP contribution in [-0.2, 0) is 0 Å². The quantitative estimate of drug-likeness (QED) is 0.729. The molecule has 1 heterocycles. The van der Waals surface area contributed by atoms with E-state index >= 15 is 0 Å². The van der Waals surface area contributed by atoms with Crippen molar-refractivity contribution in [2.75, 3.05) is 11.1 Å². The Morgan fingerprint density at radius 3 is 2.47 bits per heavy atom. The van der Waals surface area contributed by atoms with Crippen LogP contribution in [-0.4, -0.2) is 9.97 Å². The molecule has 0 radical (unpaired) electrons. The van der Waals surface area contributed by atoms with Gasteiger partial charge < -0.3 is 11.1 Å². The molecule has 2 aromatic rings. The number of nitrogen functional groups attached to an aromatic ring is 1. The van der Waals surface area contributed by atoms with Gasteiger partial charge in [-0.25, -0.2) is 9.97 Å². The van der Waals surface area contributed by atoms with Crippen LogP contribution in [0, 0.1) is 6.92 Å². The average molecular weight is 200 g/mol. The Hall–Kier alpha value is -2.10. The third kappa shape index (κ3) is 2.22. The zero-order chi connectivity index (χ0) is 10.7. The van der Waals surface area contributed by atoms with Gasteiger partial charge >= 0.3 is 0 Å². The molecule has 0 aliphatic heterocycles. The van der Waals surface area contributed by atoms with Crippen LogP contribution >= 0.6 is 0 Å². The van der Waals surface area contributed by atoms with E-state index in [0.717, 1.165) is 17.2 Å². The Morgan fingerprint density at radius 2 is 1.80 bits per heavy atom. The highest BCUT2D eigenvalue weighted by atomic mass is 15.0. The van der Waals surface area contributed by atoms with Crippen LogP contribution in [0.2, 0.25) is 0 Å². The van der Waals surface area contributed by atoms with Crippen LogP contribution in [0.5, 0.6) is 0 Å². The van der Waals surface area contributed by atoms with Gasteiger partial charge in [0, 0.05) is 0 Å². The highest BCUT2D eigenvalue weighted by Crippen LogP contribution is 2.21. The van der Waals surface area contributed by atoms with Crippen LogP contribution in [0.25, 0.3) is 0 Å². The van der Waals surface area contributed by atoms with Crippen LogP contribution in [0.3, 0.4) is 0 Å². The number of anilines is 3. The van der Waals surface area contributed by atoms with E-state index in [1.807, 2.05) is 31.2 Å². The average Bonchev–Trinajstić information content (AvgIpc) is 2.25. The normalized spacial score (nSPS) is 9.93. The number of hydrogen-bond donors (Lipinski definition) is 2. The largest absolute Gasteiger partial charge is 0.397 e. The van der Waals surface area contributed by atoms with Gasteiger partial charge in [-0.3, -0.25) is 0 Å². The number of benzene rings is 1. The first-order chi connectivity index (χ1) is 7.25. The fourth-order valence-electron chi connectivity index (χ4n) is 1.22. The molecule has 0 saturated carbocycles. The van der Waals surface area contributed by atoms with Crippen molar-refractivity contribution in [2.24, 2.45) is 0 Å². The highest BCUT2D eigenvalue weighted by Gasteiger charge is 1.98. The molecule has 0 atom stereocenters. The van der Waals surface area contributed by atoms with Gasteiger partial charge in [0.15, 0.2) is 0 Å². The van der Waals surface area contributed by atoms with Gasteiger partial charge in [-0.2, -0.15) is 0 Å². The van der Waals surface area contributed by atoms with Gasteiger partial charge in [0.2, 0.25) is 0 Å². The zero-order valence-electron chi connectivity index (χ0n) is 8.44. The van der Waals surface area contributed by atoms with Gasteiger partial charge in [-0.1, -0.05) is 12.1 Å². The lowest BCUT2D eigenvalue weighted by Crippen LogP contribution is -1.97. The molecule has 0 aliphatic carbocycles. The summed E-state index contributed by atoms with van der Waals surface area (Å²) in [5.41, 5.74) is 8.20. The molecule has 0 saturated heterocycles. The molecular weight excluding hydrogens is 188 g/mol. The van der Waals surface area contributed by atoms with E-state index in [9.17, 15) is 0 Å². The summed E-state index contributed by atoms with van der Waals surface area (Å²) < 4.78 is 0. The van der Waals surface area contributed by atoms with Crippen molar-refractivity contribution in [1.29, 1.82) is 0 Å². The summed E-state index contributed by atoms with van der Waals surface area (Å²) in [6.45, 7) is 1.85. The van der Waals surface area contributed by atoms with Crippen molar-refractivity contribution in [3.8, 4) is 0 Å². The van der Waals surface area contributed by atoms with Crippen LogP contribution in [0.15, 0.2) is 36.7 Å². The lowest BCUT2D eigenvalue weighted by molar-refractivity contribution is 1.05. The molecule has 1 aromatic carbocycles. The van der Waals surface area contributed by atoms with Crippen LogP contribution in [0.4, 0.5) is 17.1 Å². The second-order valence-corrected chi connectivity index (χ2v) is 3.23. The number of hydrogen-bond acceptors (Lipinski definition) is 4. The summed E-state index contributed by atoms with van der Waals surface area (Å²) in [5, 5.41) is 3.15. The predicted molar refractivity (Wildman–Crippen MR) is 60.9 cm³/mol. The van der Waals surface area contributed by atoms with Crippen molar-refractivity contribution in [3.63, 3.8) is 0 Å². The van der Waals surface area contributed by atoms with E-state index < -0.39 is 0 Å². The van der Waals surface area contributed by atoms with Crippen molar-refractivity contribution in [2.45, 2.75) is 6.92 Å². The molecule has 76 valence electrons. The van der Waals surface area contributed by atoms with Crippen molar-refractivity contribution in [1.82, 2.24) is 9.97 Å². The van der Waals surface area contributed by atoms with E-state index in [4.69, 9.17) is 5.73 Å². The molecule has 1 aromatic heterocycles. The fourth-order valence-corrected chi connectivity index (χ4v) is 1.22. The SMILES string of the molecule is Cc1ncc(Nc2ccccc2N)cn1. The first-order valence-corrected chi connectivity index (χ1v) is 4.66. The standard InChI is InChI=1S/C11H12N4/c1-8-13-6-9(7-14-8)15-11-5-3-2-4-10(11)12/h2-7,15H,12H2,1H3. The summed E-state index contributed by atoms with van der Waals surface area (Å²) in [6, 6.07) is 7.58. The molecular formula is C11H12N4. The van der Waals surface area contributed by atoms with E-state index in [1.54, 1.807) is 12.4 Å². The Morgan fingerprint density at radius 1 is 1.13 bits per heavy atom. The Bertz CT molecular complexity index is 450. The van der Waals surface area contributed by atoms with Gasteiger partial charge in [0.25, 0.3) is 0 Å². The van der Waals surface area contributed by atoms with Gasteiger partial charge in [0.1, 0.15) is 5.82 Å². The summed E-state index contributed by atoms with van der Waals surface area (Å²) in [6.07, 6.45) is 3.46. The number of para-hydroxylation sites is 2. The van der Waals surface area contributed by atoms with Gasteiger partial charge in [0.05, 0.1) is 29.5 Å². The predicted octanol–water partition coefficient (Wildman–Crippen LogP) is 2.11. The monoisotopic (exact) mass is 200 g/mol. The molecule has 3 N–H and O–H groups in total. The van der Waals surface area contributed by atoms with E-state index in [1.165, 1.54) is 0 Å². The molecule has 2 rings (SSSR count). The maximum Gasteiger partial charge on any atom is 0.125 e. The van der Waals surface area contributed by atoms with Crippen LogP contribution in [0.1, 0.15) is 5.82 Å². The van der Waals surface area contributed by atoms with Gasteiger partial charge in [-0.15, -0.1) is 0 Å². The first-order valence-electron chi connectivity index (χ1n) is 4.66. The molecule has 0 unspecified atom stereocenters. The molecule has 15 heavy (non-hydrogen) atoms. The molecule has 0 spiro atoms. The van der Waals surface area contributed by atoms with Crippen molar-refractivity contribution >= 4 is 17.1 Å². The van der Waals surface area contributed by atoms with Crippen molar-refractivity contribution < 1.29 is 0 Å². The summed E-state index contributed by atoms with van der Waals surface area (Å²) in [7, 11) is 0. The molecule has 4 heteroatoms. The number of nitrogens with zero attached hydrogens (tertiary/aromatic N) is 2. The summed E-state index contributed by atoms with van der Waals surface area (Å²) in [4.78, 5) is 8.18. The third-order valence-electron chi connectivity index (χ3n) is 2.02. The van der Waals surface area contributed by atoms with E-state index in [2.05, 4.69) is 15.3 Å². The topological polar surface area (TPSA) is 63.8 Å². The fraction of sp³-hybridized carbons (Fsp3) is 0.0909. The van der Waals surface area contributed by atoms with E-state index in [-0.39, 0.29) is 0 Å². The Balaban J connectivity index is 2.22. The smallest absolute Gasteiger partial charge is 0.125 e. The molecule has 0 fully saturated rings. The van der Waals surface area contributed by atoms with Crippen molar-refractivity contribution in [3.05, 3.63) is 42.5 Å². The number of nitrogens with one attached hydrogen (secondary N) is 1. The molecule has 4 nitrogen and oxygen atoms in total. The second kappa shape index (κ2) is 3.96. The lowest BCUT2D eigenvalue weighted by atomic mass is 10.2. The molecule has 0 aliphatic rings. The lowest BCUT2D eigenvalue weighted by Gasteiger charge is -2.07. The highest BCUT2D eigenvalue weighted by molar-refractivity contribution is 5.71. The summed E-state index contributed by atoms with van der Waals surface area (Å²) in [5.74, 6) is 0.751. The Labute approximate surface area is 88.2 Å². The minimum Gasteiger partial charge on any atom is -0.397 e. The maximum atomic E-state index is 5.79. The third-order valence-corrected chi connectivity index (χ3v) is 2.02. The van der Waals surface area contributed by atoms with E-state index in [0.29, 0.717) is 5.69 Å². The van der Waals surface area contributed by atoms with Crippen LogP contribution < -0.4 is 11.1 Å². The Kier molecular flexibility index (Phi) is 2.49. The minimum absolute atomic E-state index is 0.707. The minimum atomic E-state index is 0.707. The zero-order valence-corrected chi connectivity index (χ0v) is 8.44. The van der Waals surface area contributed by atoms with Gasteiger partial charge in [-0.05, 0) is 19.1 Å². The summed E-state index contributed by atoms with van der Waals surface area (Å²) >= 11 is 0. The molecule has 0 bridgehead atoms.